The first kappa shape index (κ1) is 14.6. The molecule has 2 rings (SSSR count). The number of carbonyl (C=O) groups is 1. The standard InChI is InChI=1S/C16H17N3O2/c1-12(14-9-5-6-10-15(14)17)18-19-16(20)21-11-13-7-3-2-4-8-13/h2-10H,11,17H2,1H3,(H,19,20)/b18-12+. The van der Waals surface area contributed by atoms with Gasteiger partial charge in [-0.15, -0.1) is 0 Å². The molecule has 0 heterocycles. The van der Waals surface area contributed by atoms with Gasteiger partial charge in [0.25, 0.3) is 0 Å². The van der Waals surface area contributed by atoms with Gasteiger partial charge in [0.15, 0.2) is 0 Å². The number of ether oxygens (including phenoxy) is 1. The van der Waals surface area contributed by atoms with E-state index in [-0.39, 0.29) is 6.61 Å². The van der Waals surface area contributed by atoms with Gasteiger partial charge >= 0.3 is 6.09 Å². The van der Waals surface area contributed by atoms with E-state index in [2.05, 4.69) is 10.5 Å². The van der Waals surface area contributed by atoms with E-state index in [1.807, 2.05) is 48.5 Å². The highest BCUT2D eigenvalue weighted by molar-refractivity contribution is 6.03. The molecule has 0 saturated carbocycles. The van der Waals surface area contributed by atoms with Crippen LogP contribution >= 0.6 is 0 Å². The molecule has 0 spiro atoms. The molecule has 0 radical (unpaired) electrons. The molecule has 3 N–H and O–H groups in total. The molecule has 2 aromatic rings. The van der Waals surface area contributed by atoms with Gasteiger partial charge in [-0.2, -0.15) is 5.10 Å². The highest BCUT2D eigenvalue weighted by Gasteiger charge is 2.04. The number of nitrogens with zero attached hydrogens (tertiary/aromatic N) is 1. The van der Waals surface area contributed by atoms with Crippen molar-refractivity contribution in [3.8, 4) is 0 Å². The average molecular weight is 283 g/mol. The molecule has 0 aliphatic heterocycles. The zero-order chi connectivity index (χ0) is 15.1. The Balaban J connectivity index is 1.88. The zero-order valence-corrected chi connectivity index (χ0v) is 11.7. The number of nitrogens with one attached hydrogen (secondary N) is 1. The van der Waals surface area contributed by atoms with E-state index in [0.717, 1.165) is 11.1 Å². The van der Waals surface area contributed by atoms with Crippen molar-refractivity contribution < 1.29 is 9.53 Å². The Kier molecular flexibility index (Phi) is 4.93. The van der Waals surface area contributed by atoms with Crippen molar-refractivity contribution in [2.45, 2.75) is 13.5 Å². The maximum atomic E-state index is 11.6. The Labute approximate surface area is 123 Å². The molecule has 0 atom stereocenters. The van der Waals surface area contributed by atoms with Crippen molar-refractivity contribution in [3.05, 3.63) is 65.7 Å². The summed E-state index contributed by atoms with van der Waals surface area (Å²) < 4.78 is 5.06. The Morgan fingerprint density at radius 1 is 1.14 bits per heavy atom. The van der Waals surface area contributed by atoms with E-state index in [1.165, 1.54) is 0 Å². The molecular weight excluding hydrogens is 266 g/mol. The molecule has 21 heavy (non-hydrogen) atoms. The minimum Gasteiger partial charge on any atom is -0.443 e. The SMILES string of the molecule is C/C(=N\NC(=O)OCc1ccccc1)c1ccccc1N. The van der Waals surface area contributed by atoms with E-state index in [1.54, 1.807) is 13.0 Å². The van der Waals surface area contributed by atoms with Gasteiger partial charge in [-0.1, -0.05) is 48.5 Å². The molecular formula is C16H17N3O2. The third-order valence-corrected chi connectivity index (χ3v) is 2.88. The smallest absolute Gasteiger partial charge is 0.428 e. The molecule has 5 heteroatoms. The van der Waals surface area contributed by atoms with Crippen LogP contribution < -0.4 is 11.2 Å². The topological polar surface area (TPSA) is 76.7 Å². The molecule has 0 aromatic heterocycles. The fourth-order valence-corrected chi connectivity index (χ4v) is 1.77. The molecule has 0 unspecified atom stereocenters. The summed E-state index contributed by atoms with van der Waals surface area (Å²) in [7, 11) is 0. The van der Waals surface area contributed by atoms with Crippen LogP contribution in [-0.4, -0.2) is 11.8 Å². The third-order valence-electron chi connectivity index (χ3n) is 2.88. The van der Waals surface area contributed by atoms with Crippen molar-refractivity contribution in [3.63, 3.8) is 0 Å². The fraction of sp³-hybridized carbons (Fsp3) is 0.125. The second kappa shape index (κ2) is 7.09. The molecule has 2 aromatic carbocycles. The van der Waals surface area contributed by atoms with Crippen LogP contribution in [0.3, 0.4) is 0 Å². The van der Waals surface area contributed by atoms with Crippen molar-refractivity contribution in [1.29, 1.82) is 0 Å². The summed E-state index contributed by atoms with van der Waals surface area (Å²) in [6, 6.07) is 16.8. The number of carbonyl (C=O) groups excluding carboxylic acids is 1. The van der Waals surface area contributed by atoms with E-state index in [0.29, 0.717) is 11.4 Å². The maximum absolute atomic E-state index is 11.6. The Morgan fingerprint density at radius 3 is 2.52 bits per heavy atom. The molecule has 0 saturated heterocycles. The Morgan fingerprint density at radius 2 is 1.81 bits per heavy atom. The van der Waals surface area contributed by atoms with Gasteiger partial charge < -0.3 is 10.5 Å². The van der Waals surface area contributed by atoms with Gasteiger partial charge in [-0.25, -0.2) is 10.2 Å². The second-order valence-electron chi connectivity index (χ2n) is 4.46. The minimum absolute atomic E-state index is 0.203. The monoisotopic (exact) mass is 283 g/mol. The first-order valence-corrected chi connectivity index (χ1v) is 6.52. The van der Waals surface area contributed by atoms with Gasteiger partial charge in [0.2, 0.25) is 0 Å². The van der Waals surface area contributed by atoms with Crippen molar-refractivity contribution >= 4 is 17.5 Å². The predicted molar refractivity (Wildman–Crippen MR) is 82.8 cm³/mol. The number of amides is 1. The first-order chi connectivity index (χ1) is 10.2. The largest absolute Gasteiger partial charge is 0.443 e. The summed E-state index contributed by atoms with van der Waals surface area (Å²) in [5.41, 5.74) is 11.1. The summed E-state index contributed by atoms with van der Waals surface area (Å²) in [4.78, 5) is 11.6. The number of hydrogen-bond acceptors (Lipinski definition) is 4. The number of rotatable bonds is 4. The molecule has 0 aliphatic rings. The number of nitrogens with two attached hydrogens (primary N) is 1. The van der Waals surface area contributed by atoms with Crippen LogP contribution in [0, 0.1) is 0 Å². The number of hydrazone groups is 1. The molecule has 0 fully saturated rings. The molecule has 108 valence electrons. The first-order valence-electron chi connectivity index (χ1n) is 6.52. The summed E-state index contributed by atoms with van der Waals surface area (Å²) >= 11 is 0. The van der Waals surface area contributed by atoms with Crippen LogP contribution in [0.1, 0.15) is 18.1 Å². The maximum Gasteiger partial charge on any atom is 0.428 e. The number of hydrogen-bond donors (Lipinski definition) is 2. The van der Waals surface area contributed by atoms with Gasteiger partial charge in [-0.3, -0.25) is 0 Å². The summed E-state index contributed by atoms with van der Waals surface area (Å²) in [6.07, 6.45) is -0.604. The Bertz CT molecular complexity index is 639. The van der Waals surface area contributed by atoms with Gasteiger partial charge in [0.05, 0.1) is 5.71 Å². The number of benzene rings is 2. The predicted octanol–water partition coefficient (Wildman–Crippen LogP) is 2.92. The van der Waals surface area contributed by atoms with E-state index >= 15 is 0 Å². The molecule has 5 nitrogen and oxygen atoms in total. The zero-order valence-electron chi connectivity index (χ0n) is 11.7. The summed E-state index contributed by atoms with van der Waals surface area (Å²) in [5, 5.41) is 3.98. The van der Waals surface area contributed by atoms with Crippen molar-refractivity contribution in [2.75, 3.05) is 5.73 Å². The quantitative estimate of drug-likeness (QED) is 0.514. The van der Waals surface area contributed by atoms with Crippen LogP contribution in [0.25, 0.3) is 0 Å². The highest BCUT2D eigenvalue weighted by atomic mass is 16.5. The van der Waals surface area contributed by atoms with Gasteiger partial charge in [0.1, 0.15) is 6.61 Å². The van der Waals surface area contributed by atoms with Gasteiger partial charge in [0, 0.05) is 11.3 Å². The number of para-hydroxylation sites is 1. The van der Waals surface area contributed by atoms with Crippen LogP contribution in [0.15, 0.2) is 59.7 Å². The van der Waals surface area contributed by atoms with E-state index < -0.39 is 6.09 Å². The van der Waals surface area contributed by atoms with Crippen LogP contribution in [-0.2, 0) is 11.3 Å². The van der Waals surface area contributed by atoms with Crippen molar-refractivity contribution in [2.24, 2.45) is 5.10 Å². The van der Waals surface area contributed by atoms with Crippen molar-refractivity contribution in [1.82, 2.24) is 5.43 Å². The fourth-order valence-electron chi connectivity index (χ4n) is 1.77. The van der Waals surface area contributed by atoms with Gasteiger partial charge in [-0.05, 0) is 18.6 Å². The lowest BCUT2D eigenvalue weighted by atomic mass is 10.1. The lowest BCUT2D eigenvalue weighted by Crippen LogP contribution is -2.20. The summed E-state index contributed by atoms with van der Waals surface area (Å²) in [5.74, 6) is 0. The lowest BCUT2D eigenvalue weighted by molar-refractivity contribution is 0.140. The Hall–Kier alpha value is -2.82. The average Bonchev–Trinajstić information content (AvgIpc) is 2.52. The second-order valence-corrected chi connectivity index (χ2v) is 4.46. The van der Waals surface area contributed by atoms with Crippen LogP contribution in [0.4, 0.5) is 10.5 Å². The molecule has 0 aliphatic carbocycles. The van der Waals surface area contributed by atoms with E-state index in [9.17, 15) is 4.79 Å². The lowest BCUT2D eigenvalue weighted by Gasteiger charge is -2.06. The van der Waals surface area contributed by atoms with Crippen LogP contribution in [0.2, 0.25) is 0 Å². The molecule has 0 bridgehead atoms. The van der Waals surface area contributed by atoms with Crippen LogP contribution in [0.5, 0.6) is 0 Å². The number of nitrogen functional groups attached to an aromatic ring is 1. The third kappa shape index (κ3) is 4.35. The van der Waals surface area contributed by atoms with E-state index in [4.69, 9.17) is 10.5 Å². The number of anilines is 1. The summed E-state index contributed by atoms with van der Waals surface area (Å²) in [6.45, 7) is 1.97. The highest BCUT2D eigenvalue weighted by Crippen LogP contribution is 2.11. The molecule has 1 amide bonds. The minimum atomic E-state index is -0.604. The normalized spacial score (nSPS) is 11.0.